The number of piperidine rings is 1. The number of hydrogen-bond acceptors (Lipinski definition) is 4. The number of amides is 2. The second kappa shape index (κ2) is 7.58. The maximum absolute atomic E-state index is 12.9. The van der Waals surface area contributed by atoms with E-state index in [2.05, 4.69) is 11.1 Å². The Labute approximate surface area is 158 Å². The lowest BCUT2D eigenvalue weighted by molar-refractivity contribution is -0.130. The van der Waals surface area contributed by atoms with Crippen molar-refractivity contribution in [3.8, 4) is 17.3 Å². The highest BCUT2D eigenvalue weighted by atomic mass is 16.2. The molecule has 2 heterocycles. The first-order valence-electron chi connectivity index (χ1n) is 9.05. The third-order valence-corrected chi connectivity index (χ3v) is 5.38. The van der Waals surface area contributed by atoms with Gasteiger partial charge in [-0.1, -0.05) is 19.1 Å². The molecule has 0 saturated carbocycles. The lowest BCUT2D eigenvalue weighted by Gasteiger charge is -2.40. The van der Waals surface area contributed by atoms with E-state index in [9.17, 15) is 9.59 Å². The standard InChI is InChI=1S/C21H22N4O2/c1-2-21(20(23)27)9-3-11-25(14-21)19(26)17-6-4-16(5-7-17)18-12-15(13-22)8-10-24-18/h4-8,10,12H,2-3,9,11,14H2,1H3,(H2,23,27)/t21-/m1/s1. The fourth-order valence-electron chi connectivity index (χ4n) is 3.59. The maximum Gasteiger partial charge on any atom is 0.253 e. The molecule has 1 aliphatic heterocycles. The largest absolute Gasteiger partial charge is 0.369 e. The van der Waals surface area contributed by atoms with Crippen LogP contribution in [0.4, 0.5) is 0 Å². The van der Waals surface area contributed by atoms with E-state index in [0.29, 0.717) is 36.3 Å². The van der Waals surface area contributed by atoms with Crippen molar-refractivity contribution >= 4 is 11.8 Å². The van der Waals surface area contributed by atoms with Gasteiger partial charge in [-0.25, -0.2) is 0 Å². The summed E-state index contributed by atoms with van der Waals surface area (Å²) in [6.45, 7) is 2.93. The van der Waals surface area contributed by atoms with Crippen LogP contribution < -0.4 is 5.73 Å². The number of primary amides is 1. The Morgan fingerprint density at radius 3 is 2.67 bits per heavy atom. The summed E-state index contributed by atoms with van der Waals surface area (Å²) in [5, 5.41) is 9.01. The zero-order valence-corrected chi connectivity index (χ0v) is 15.3. The first-order valence-corrected chi connectivity index (χ1v) is 9.05. The summed E-state index contributed by atoms with van der Waals surface area (Å²) in [6, 6.07) is 12.6. The highest BCUT2D eigenvalue weighted by Crippen LogP contribution is 2.33. The van der Waals surface area contributed by atoms with Gasteiger partial charge in [0, 0.05) is 30.4 Å². The number of nitrogens with zero attached hydrogens (tertiary/aromatic N) is 3. The van der Waals surface area contributed by atoms with Crippen LogP contribution in [-0.2, 0) is 4.79 Å². The molecule has 6 nitrogen and oxygen atoms in total. The highest BCUT2D eigenvalue weighted by molar-refractivity contribution is 5.95. The van der Waals surface area contributed by atoms with Crippen molar-refractivity contribution in [3.05, 3.63) is 53.7 Å². The Bertz CT molecular complexity index is 901. The molecule has 0 aliphatic carbocycles. The normalized spacial score (nSPS) is 19.3. The van der Waals surface area contributed by atoms with Crippen LogP contribution in [0.25, 0.3) is 11.3 Å². The van der Waals surface area contributed by atoms with Crippen LogP contribution in [0.2, 0.25) is 0 Å². The second-order valence-corrected chi connectivity index (χ2v) is 6.95. The number of likely N-dealkylation sites (tertiary alicyclic amines) is 1. The molecule has 1 saturated heterocycles. The SMILES string of the molecule is CC[C@@]1(C(N)=O)CCCN(C(=O)c2ccc(-c3cc(C#N)ccn3)cc2)C1. The lowest BCUT2D eigenvalue weighted by Crippen LogP contribution is -2.51. The molecule has 27 heavy (non-hydrogen) atoms. The molecule has 1 aliphatic rings. The highest BCUT2D eigenvalue weighted by Gasteiger charge is 2.40. The van der Waals surface area contributed by atoms with E-state index >= 15 is 0 Å². The molecule has 0 spiro atoms. The fraction of sp³-hybridized carbons (Fsp3) is 0.333. The Balaban J connectivity index is 1.79. The van der Waals surface area contributed by atoms with Gasteiger partial charge in [0.05, 0.1) is 22.7 Å². The average Bonchev–Trinajstić information content (AvgIpc) is 2.73. The van der Waals surface area contributed by atoms with E-state index in [0.717, 1.165) is 18.4 Å². The van der Waals surface area contributed by atoms with Gasteiger partial charge in [-0.15, -0.1) is 0 Å². The van der Waals surface area contributed by atoms with E-state index in [1.165, 1.54) is 0 Å². The summed E-state index contributed by atoms with van der Waals surface area (Å²) < 4.78 is 0. The first kappa shape index (κ1) is 18.6. The molecule has 2 amide bonds. The first-order chi connectivity index (χ1) is 13.0. The number of carbonyl (C=O) groups excluding carboxylic acids is 2. The molecular weight excluding hydrogens is 340 g/mol. The Morgan fingerprint density at radius 1 is 1.30 bits per heavy atom. The number of rotatable bonds is 4. The topological polar surface area (TPSA) is 100 Å². The Hall–Kier alpha value is -3.20. The van der Waals surface area contributed by atoms with E-state index in [4.69, 9.17) is 11.0 Å². The van der Waals surface area contributed by atoms with E-state index < -0.39 is 5.41 Å². The van der Waals surface area contributed by atoms with Crippen LogP contribution in [0.1, 0.15) is 42.1 Å². The molecule has 1 aromatic heterocycles. The number of nitrogens with two attached hydrogens (primary N) is 1. The third-order valence-electron chi connectivity index (χ3n) is 5.38. The van der Waals surface area contributed by atoms with Gasteiger partial charge in [-0.3, -0.25) is 14.6 Å². The number of nitriles is 1. The van der Waals surface area contributed by atoms with Crippen molar-refractivity contribution < 1.29 is 9.59 Å². The minimum absolute atomic E-state index is 0.0981. The number of hydrogen-bond donors (Lipinski definition) is 1. The zero-order chi connectivity index (χ0) is 19.4. The molecule has 6 heteroatoms. The van der Waals surface area contributed by atoms with Gasteiger partial charge in [0.2, 0.25) is 5.91 Å². The Morgan fingerprint density at radius 2 is 2.04 bits per heavy atom. The lowest BCUT2D eigenvalue weighted by atomic mass is 9.77. The van der Waals surface area contributed by atoms with Crippen LogP contribution in [0.5, 0.6) is 0 Å². The summed E-state index contributed by atoms with van der Waals surface area (Å²) in [7, 11) is 0. The zero-order valence-electron chi connectivity index (χ0n) is 15.3. The molecule has 0 radical (unpaired) electrons. The van der Waals surface area contributed by atoms with Gasteiger partial charge >= 0.3 is 0 Å². The van der Waals surface area contributed by atoms with Crippen LogP contribution in [-0.4, -0.2) is 34.8 Å². The molecule has 1 atom stereocenters. The van der Waals surface area contributed by atoms with Crippen LogP contribution in [0.3, 0.4) is 0 Å². The second-order valence-electron chi connectivity index (χ2n) is 6.95. The molecule has 1 aromatic carbocycles. The predicted molar refractivity (Wildman–Crippen MR) is 101 cm³/mol. The summed E-state index contributed by atoms with van der Waals surface area (Å²) in [5.74, 6) is -0.430. The van der Waals surface area contributed by atoms with Crippen molar-refractivity contribution in [1.82, 2.24) is 9.88 Å². The fourth-order valence-corrected chi connectivity index (χ4v) is 3.59. The molecule has 2 N–H and O–H groups in total. The molecule has 1 fully saturated rings. The summed E-state index contributed by atoms with van der Waals surface area (Å²) >= 11 is 0. The predicted octanol–water partition coefficient (Wildman–Crippen LogP) is 2.74. The molecule has 0 unspecified atom stereocenters. The van der Waals surface area contributed by atoms with Gasteiger partial charge in [0.15, 0.2) is 0 Å². The van der Waals surface area contributed by atoms with Gasteiger partial charge in [-0.05, 0) is 43.5 Å². The summed E-state index contributed by atoms with van der Waals surface area (Å²) in [4.78, 5) is 30.8. The molecule has 0 bridgehead atoms. The molecule has 138 valence electrons. The monoisotopic (exact) mass is 362 g/mol. The number of benzene rings is 1. The minimum atomic E-state index is -0.629. The van der Waals surface area contributed by atoms with E-state index in [-0.39, 0.29) is 11.8 Å². The molecule has 2 aromatic rings. The summed E-state index contributed by atoms with van der Waals surface area (Å²) in [6.07, 6.45) is 3.72. The van der Waals surface area contributed by atoms with Crippen molar-refractivity contribution in [2.24, 2.45) is 11.1 Å². The molecular formula is C21H22N4O2. The van der Waals surface area contributed by atoms with E-state index in [1.54, 1.807) is 35.4 Å². The smallest absolute Gasteiger partial charge is 0.253 e. The number of carbonyl (C=O) groups is 2. The van der Waals surface area contributed by atoms with Crippen molar-refractivity contribution in [1.29, 1.82) is 5.26 Å². The quantitative estimate of drug-likeness (QED) is 0.904. The van der Waals surface area contributed by atoms with Gasteiger partial charge in [-0.2, -0.15) is 5.26 Å². The van der Waals surface area contributed by atoms with Crippen LogP contribution in [0, 0.1) is 16.7 Å². The minimum Gasteiger partial charge on any atom is -0.369 e. The van der Waals surface area contributed by atoms with Crippen molar-refractivity contribution in [2.45, 2.75) is 26.2 Å². The van der Waals surface area contributed by atoms with Gasteiger partial charge in [0.1, 0.15) is 0 Å². The van der Waals surface area contributed by atoms with E-state index in [1.807, 2.05) is 19.1 Å². The number of pyridine rings is 1. The Kier molecular flexibility index (Phi) is 5.22. The third kappa shape index (κ3) is 3.68. The average molecular weight is 362 g/mol. The summed E-state index contributed by atoms with van der Waals surface area (Å²) in [5.41, 5.74) is 7.61. The maximum atomic E-state index is 12.9. The van der Waals surface area contributed by atoms with Crippen LogP contribution >= 0.6 is 0 Å². The van der Waals surface area contributed by atoms with Gasteiger partial charge < -0.3 is 10.6 Å². The van der Waals surface area contributed by atoms with Crippen molar-refractivity contribution in [2.75, 3.05) is 13.1 Å². The number of aromatic nitrogens is 1. The van der Waals surface area contributed by atoms with Gasteiger partial charge in [0.25, 0.3) is 5.91 Å². The van der Waals surface area contributed by atoms with Crippen LogP contribution in [0.15, 0.2) is 42.6 Å². The molecule has 3 rings (SSSR count). The van der Waals surface area contributed by atoms with Crippen molar-refractivity contribution in [3.63, 3.8) is 0 Å².